The summed E-state index contributed by atoms with van der Waals surface area (Å²) in [7, 11) is 0. The topological polar surface area (TPSA) is 24.5 Å². The Bertz CT molecular complexity index is 483. The Kier molecular flexibility index (Phi) is 5.34. The van der Waals surface area contributed by atoms with Gasteiger partial charge in [0.15, 0.2) is 0 Å². The number of benzene rings is 1. The van der Waals surface area contributed by atoms with Crippen molar-refractivity contribution in [2.24, 2.45) is 0 Å². The van der Waals surface area contributed by atoms with Gasteiger partial charge in [-0.25, -0.2) is 0 Å². The molecule has 0 bridgehead atoms. The van der Waals surface area contributed by atoms with Gasteiger partial charge in [-0.15, -0.1) is 0 Å². The highest BCUT2D eigenvalue weighted by Gasteiger charge is 2.31. The zero-order chi connectivity index (χ0) is 16.2. The Morgan fingerprint density at radius 2 is 1.86 bits per heavy atom. The molecule has 0 aromatic heterocycles. The SMILES string of the molecule is CC(C)(CCN1CCNCC1)Oc1cccc(C(F)(F)F)c1. The van der Waals surface area contributed by atoms with E-state index in [1.807, 2.05) is 13.8 Å². The second-order valence-electron chi connectivity index (χ2n) is 6.23. The third kappa shape index (κ3) is 5.18. The summed E-state index contributed by atoms with van der Waals surface area (Å²) < 4.78 is 44.0. The monoisotopic (exact) mass is 316 g/mol. The maximum atomic E-state index is 12.7. The summed E-state index contributed by atoms with van der Waals surface area (Å²) in [5.74, 6) is 0.264. The average molecular weight is 316 g/mol. The van der Waals surface area contributed by atoms with Crippen molar-refractivity contribution in [1.29, 1.82) is 0 Å². The lowest BCUT2D eigenvalue weighted by Gasteiger charge is -2.32. The van der Waals surface area contributed by atoms with Crippen LogP contribution >= 0.6 is 0 Å². The van der Waals surface area contributed by atoms with Crippen LogP contribution in [0.15, 0.2) is 24.3 Å². The van der Waals surface area contributed by atoms with Crippen LogP contribution in [-0.4, -0.2) is 43.2 Å². The minimum atomic E-state index is -4.34. The fourth-order valence-electron chi connectivity index (χ4n) is 2.47. The van der Waals surface area contributed by atoms with Crippen LogP contribution in [0.25, 0.3) is 0 Å². The lowest BCUT2D eigenvalue weighted by atomic mass is 10.0. The molecule has 0 unspecified atom stereocenters. The summed E-state index contributed by atoms with van der Waals surface area (Å²) in [6.45, 7) is 8.67. The molecule has 3 nitrogen and oxygen atoms in total. The van der Waals surface area contributed by atoms with E-state index in [4.69, 9.17) is 4.74 Å². The molecule has 1 aliphatic heterocycles. The first-order chi connectivity index (χ1) is 10.3. The minimum absolute atomic E-state index is 0.264. The molecule has 6 heteroatoms. The molecule has 1 aliphatic rings. The molecule has 0 saturated carbocycles. The minimum Gasteiger partial charge on any atom is -0.488 e. The predicted octanol–water partition coefficient (Wildman–Crippen LogP) is 3.16. The van der Waals surface area contributed by atoms with Gasteiger partial charge in [-0.3, -0.25) is 0 Å². The van der Waals surface area contributed by atoms with Crippen molar-refractivity contribution in [3.63, 3.8) is 0 Å². The molecule has 1 fully saturated rings. The summed E-state index contributed by atoms with van der Waals surface area (Å²) in [5, 5.41) is 3.29. The van der Waals surface area contributed by atoms with Crippen LogP contribution in [0.1, 0.15) is 25.8 Å². The van der Waals surface area contributed by atoms with Gasteiger partial charge < -0.3 is 15.0 Å². The molecule has 0 radical (unpaired) electrons. The molecule has 0 amide bonds. The molecule has 0 spiro atoms. The molecule has 1 aromatic rings. The van der Waals surface area contributed by atoms with Crippen molar-refractivity contribution in [2.75, 3.05) is 32.7 Å². The van der Waals surface area contributed by atoms with Gasteiger partial charge in [-0.2, -0.15) is 13.2 Å². The zero-order valence-corrected chi connectivity index (χ0v) is 13.0. The maximum absolute atomic E-state index is 12.7. The summed E-state index contributed by atoms with van der Waals surface area (Å²) >= 11 is 0. The number of alkyl halides is 3. The van der Waals surface area contributed by atoms with Crippen molar-refractivity contribution in [3.05, 3.63) is 29.8 Å². The summed E-state index contributed by atoms with van der Waals surface area (Å²) in [4.78, 5) is 2.34. The normalized spacial score (nSPS) is 17.5. The molecular weight excluding hydrogens is 293 g/mol. The Morgan fingerprint density at radius 1 is 1.18 bits per heavy atom. The fraction of sp³-hybridized carbons (Fsp3) is 0.625. The van der Waals surface area contributed by atoms with Crippen LogP contribution in [0.5, 0.6) is 5.75 Å². The zero-order valence-electron chi connectivity index (χ0n) is 13.0. The molecule has 2 rings (SSSR count). The second-order valence-corrected chi connectivity index (χ2v) is 6.23. The molecule has 22 heavy (non-hydrogen) atoms. The van der Waals surface area contributed by atoms with Crippen molar-refractivity contribution >= 4 is 0 Å². The molecule has 1 heterocycles. The molecule has 0 aliphatic carbocycles. The first-order valence-electron chi connectivity index (χ1n) is 7.56. The van der Waals surface area contributed by atoms with Crippen molar-refractivity contribution < 1.29 is 17.9 Å². The van der Waals surface area contributed by atoms with Crippen LogP contribution in [-0.2, 0) is 6.18 Å². The fourth-order valence-corrected chi connectivity index (χ4v) is 2.47. The van der Waals surface area contributed by atoms with Gasteiger partial charge in [0.2, 0.25) is 0 Å². The number of rotatable bonds is 5. The highest BCUT2D eigenvalue weighted by molar-refractivity contribution is 5.30. The molecular formula is C16H23F3N2O. The van der Waals surface area contributed by atoms with Gasteiger partial charge in [-0.1, -0.05) is 6.07 Å². The van der Waals surface area contributed by atoms with Crippen LogP contribution in [0.3, 0.4) is 0 Å². The van der Waals surface area contributed by atoms with E-state index in [1.165, 1.54) is 6.07 Å². The number of piperazine rings is 1. The van der Waals surface area contributed by atoms with Gasteiger partial charge in [0.1, 0.15) is 11.4 Å². The van der Waals surface area contributed by atoms with Crippen LogP contribution < -0.4 is 10.1 Å². The molecule has 1 N–H and O–H groups in total. The molecule has 0 atom stereocenters. The van der Waals surface area contributed by atoms with E-state index in [-0.39, 0.29) is 5.75 Å². The third-order valence-corrected chi connectivity index (χ3v) is 3.80. The highest BCUT2D eigenvalue weighted by Crippen LogP contribution is 2.32. The van der Waals surface area contributed by atoms with E-state index in [1.54, 1.807) is 6.07 Å². The van der Waals surface area contributed by atoms with Gasteiger partial charge in [0, 0.05) is 32.7 Å². The van der Waals surface area contributed by atoms with Crippen molar-refractivity contribution in [2.45, 2.75) is 32.0 Å². The standard InChI is InChI=1S/C16H23F3N2O/c1-15(2,6-9-21-10-7-20-8-11-21)22-14-5-3-4-13(12-14)16(17,18)19/h3-5,12,20H,6-11H2,1-2H3. The lowest BCUT2D eigenvalue weighted by Crippen LogP contribution is -2.45. The summed E-state index contributed by atoms with van der Waals surface area (Å²) in [5.41, 5.74) is -1.18. The number of ether oxygens (including phenoxy) is 1. The van der Waals surface area contributed by atoms with E-state index in [2.05, 4.69) is 10.2 Å². The first kappa shape index (κ1) is 17.1. The van der Waals surface area contributed by atoms with Gasteiger partial charge >= 0.3 is 6.18 Å². The average Bonchev–Trinajstić information content (AvgIpc) is 2.45. The number of nitrogens with one attached hydrogen (secondary N) is 1. The van der Waals surface area contributed by atoms with E-state index in [0.29, 0.717) is 0 Å². The van der Waals surface area contributed by atoms with Gasteiger partial charge in [0.25, 0.3) is 0 Å². The molecule has 1 aromatic carbocycles. The Balaban J connectivity index is 1.93. The smallest absolute Gasteiger partial charge is 0.416 e. The number of hydrogen-bond donors (Lipinski definition) is 1. The van der Waals surface area contributed by atoms with Crippen molar-refractivity contribution in [3.8, 4) is 5.75 Å². The van der Waals surface area contributed by atoms with E-state index >= 15 is 0 Å². The highest BCUT2D eigenvalue weighted by atomic mass is 19.4. The lowest BCUT2D eigenvalue weighted by molar-refractivity contribution is -0.137. The second kappa shape index (κ2) is 6.87. The van der Waals surface area contributed by atoms with E-state index in [9.17, 15) is 13.2 Å². The van der Waals surface area contributed by atoms with E-state index < -0.39 is 17.3 Å². The largest absolute Gasteiger partial charge is 0.488 e. The Labute approximate surface area is 129 Å². The maximum Gasteiger partial charge on any atom is 0.416 e. The Hall–Kier alpha value is -1.27. The van der Waals surface area contributed by atoms with Crippen LogP contribution in [0, 0.1) is 0 Å². The van der Waals surface area contributed by atoms with Crippen LogP contribution in [0.4, 0.5) is 13.2 Å². The molecule has 124 valence electrons. The molecule has 1 saturated heterocycles. The van der Waals surface area contributed by atoms with Gasteiger partial charge in [-0.05, 0) is 38.5 Å². The number of hydrogen-bond acceptors (Lipinski definition) is 3. The van der Waals surface area contributed by atoms with Gasteiger partial charge in [0.05, 0.1) is 5.56 Å². The summed E-state index contributed by atoms with van der Waals surface area (Å²) in [6.07, 6.45) is -3.58. The quantitative estimate of drug-likeness (QED) is 0.903. The number of halogens is 3. The Morgan fingerprint density at radius 3 is 2.50 bits per heavy atom. The first-order valence-corrected chi connectivity index (χ1v) is 7.56. The third-order valence-electron chi connectivity index (χ3n) is 3.80. The number of nitrogens with zero attached hydrogens (tertiary/aromatic N) is 1. The van der Waals surface area contributed by atoms with Crippen LogP contribution in [0.2, 0.25) is 0 Å². The summed E-state index contributed by atoms with van der Waals surface area (Å²) in [6, 6.07) is 5.07. The predicted molar refractivity (Wildman–Crippen MR) is 80.1 cm³/mol. The van der Waals surface area contributed by atoms with Crippen molar-refractivity contribution in [1.82, 2.24) is 10.2 Å². The van der Waals surface area contributed by atoms with E-state index in [0.717, 1.165) is 51.3 Å².